The molecule has 0 aromatic rings. The van der Waals surface area contributed by atoms with Gasteiger partial charge in [-0.15, -0.1) is 0 Å². The fourth-order valence-electron chi connectivity index (χ4n) is 4.44. The largest absolute Gasteiger partial charge is 0.459 e. The van der Waals surface area contributed by atoms with E-state index in [4.69, 9.17) is 4.74 Å². The molecule has 16 heteroatoms. The van der Waals surface area contributed by atoms with Gasteiger partial charge in [0, 0.05) is 5.92 Å². The first kappa shape index (κ1) is 33.6. The third-order valence-corrected chi connectivity index (χ3v) is 7.65. The van der Waals surface area contributed by atoms with Crippen molar-refractivity contribution in [1.82, 2.24) is 0 Å². The number of carbonyl (C=O) groups is 1. The molecule has 2 N–H and O–H groups in total. The Kier molecular flexibility index (Phi) is 8.74. The fourth-order valence-corrected chi connectivity index (χ4v) is 4.44. The van der Waals surface area contributed by atoms with Crippen LogP contribution in [0, 0.1) is 23.2 Å². The second-order valence-electron chi connectivity index (χ2n) is 10.4. The predicted octanol–water partition coefficient (Wildman–Crippen LogP) is 6.49. The van der Waals surface area contributed by atoms with E-state index in [1.54, 1.807) is 0 Å². The van der Waals surface area contributed by atoms with Gasteiger partial charge < -0.3 is 14.9 Å². The van der Waals surface area contributed by atoms with Crippen LogP contribution in [0.1, 0.15) is 60.3 Å². The number of aliphatic hydroxyl groups is 2. The Morgan fingerprint density at radius 1 is 0.676 bits per heavy atom. The first-order valence-electron chi connectivity index (χ1n) is 11.0. The van der Waals surface area contributed by atoms with Gasteiger partial charge in [-0.25, -0.2) is 0 Å². The minimum absolute atomic E-state index is 0.119. The third-order valence-electron chi connectivity index (χ3n) is 7.65. The highest BCUT2D eigenvalue weighted by atomic mass is 19.4. The second-order valence-corrected chi connectivity index (χ2v) is 10.4. The molecule has 1 rings (SSSR count). The molecular formula is C21H28F12O4. The summed E-state index contributed by atoms with van der Waals surface area (Å²) in [5, 5.41) is 19.9. The molecule has 0 amide bonds. The monoisotopic (exact) mass is 572 g/mol. The molecule has 1 saturated carbocycles. The van der Waals surface area contributed by atoms with Crippen molar-refractivity contribution in [3.05, 3.63) is 0 Å². The molecule has 1 aliphatic carbocycles. The molecule has 0 heterocycles. The summed E-state index contributed by atoms with van der Waals surface area (Å²) in [6.45, 7) is 3.17. The molecule has 1 fully saturated rings. The van der Waals surface area contributed by atoms with Gasteiger partial charge in [0.25, 0.3) is 5.60 Å². The summed E-state index contributed by atoms with van der Waals surface area (Å²) in [6, 6.07) is 0. The maximum Gasteiger partial charge on any atom is 0.426 e. The van der Waals surface area contributed by atoms with Crippen LogP contribution in [0.15, 0.2) is 0 Å². The highest BCUT2D eigenvalue weighted by Crippen LogP contribution is 2.57. The Balaban J connectivity index is 3.65. The number of hydrogen-bond acceptors (Lipinski definition) is 4. The van der Waals surface area contributed by atoms with E-state index in [1.807, 2.05) is 0 Å². The molecule has 37 heavy (non-hydrogen) atoms. The summed E-state index contributed by atoms with van der Waals surface area (Å²) in [5.74, 6) is -9.22. The predicted molar refractivity (Wildman–Crippen MR) is 103 cm³/mol. The summed E-state index contributed by atoms with van der Waals surface area (Å²) in [5.41, 5.74) is -14.9. The quantitative estimate of drug-likeness (QED) is 0.282. The molecule has 4 nitrogen and oxygen atoms in total. The molecule has 220 valence electrons. The minimum atomic E-state index is -6.43. The number of rotatable bonds is 6. The molecule has 0 aromatic heterocycles. The van der Waals surface area contributed by atoms with Crippen molar-refractivity contribution in [2.75, 3.05) is 0 Å². The van der Waals surface area contributed by atoms with Crippen molar-refractivity contribution in [3.8, 4) is 0 Å². The average Bonchev–Trinajstić information content (AvgIpc) is 2.68. The Morgan fingerprint density at radius 2 is 1.05 bits per heavy atom. The number of carbonyl (C=O) groups excluding carboxylic acids is 1. The molecule has 1 aliphatic rings. The average molecular weight is 572 g/mol. The van der Waals surface area contributed by atoms with E-state index in [9.17, 15) is 67.7 Å². The van der Waals surface area contributed by atoms with Crippen LogP contribution in [0.5, 0.6) is 0 Å². The van der Waals surface area contributed by atoms with Crippen molar-refractivity contribution in [1.29, 1.82) is 0 Å². The van der Waals surface area contributed by atoms with Crippen molar-refractivity contribution < 1.29 is 72.4 Å². The molecule has 0 spiro atoms. The Bertz CT molecular complexity index is 811. The molecule has 0 aliphatic heterocycles. The zero-order chi connectivity index (χ0) is 29.8. The molecule has 5 atom stereocenters. The zero-order valence-electron chi connectivity index (χ0n) is 20.3. The lowest BCUT2D eigenvalue weighted by atomic mass is 9.61. The Hall–Kier alpha value is -1.45. The van der Waals surface area contributed by atoms with Gasteiger partial charge >= 0.3 is 30.7 Å². The van der Waals surface area contributed by atoms with Gasteiger partial charge in [-0.2, -0.15) is 52.7 Å². The summed E-state index contributed by atoms with van der Waals surface area (Å²) in [6.07, 6.45) is -28.4. The smallest absolute Gasteiger partial charge is 0.426 e. The molecule has 0 aromatic carbocycles. The lowest BCUT2D eigenvalue weighted by Gasteiger charge is -2.50. The van der Waals surface area contributed by atoms with Gasteiger partial charge in [0.1, 0.15) is 5.60 Å². The van der Waals surface area contributed by atoms with E-state index in [2.05, 4.69) is 0 Å². The van der Waals surface area contributed by atoms with Gasteiger partial charge in [0.15, 0.2) is 11.0 Å². The van der Waals surface area contributed by atoms with Crippen LogP contribution < -0.4 is 0 Å². The SMILES string of the molecule is CCC(C)(C(=O)OC(C)(C)C1CC(C(C)(O)C(F)(F)F)CC(C(O)(C(F)(F)F)C(F)(F)F)C1)C(F)(F)F. The molecule has 0 saturated heterocycles. The number of esters is 1. The lowest BCUT2D eigenvalue weighted by molar-refractivity contribution is -0.392. The third kappa shape index (κ3) is 5.93. The van der Waals surface area contributed by atoms with Gasteiger partial charge in [-0.3, -0.25) is 4.79 Å². The number of halogens is 12. The van der Waals surface area contributed by atoms with Crippen molar-refractivity contribution >= 4 is 5.97 Å². The lowest BCUT2D eigenvalue weighted by Crippen LogP contribution is -2.65. The summed E-state index contributed by atoms with van der Waals surface area (Å²) in [7, 11) is 0. The molecule has 0 radical (unpaired) electrons. The van der Waals surface area contributed by atoms with Crippen LogP contribution in [-0.2, 0) is 9.53 Å². The van der Waals surface area contributed by atoms with Gasteiger partial charge in [0.05, 0.1) is 0 Å². The van der Waals surface area contributed by atoms with Crippen molar-refractivity contribution in [3.63, 3.8) is 0 Å². The van der Waals surface area contributed by atoms with E-state index in [1.165, 1.54) is 0 Å². The first-order chi connectivity index (χ1) is 16.0. The van der Waals surface area contributed by atoms with E-state index < -0.39 is 96.3 Å². The van der Waals surface area contributed by atoms with Gasteiger partial charge in [-0.1, -0.05) is 6.92 Å². The highest BCUT2D eigenvalue weighted by molar-refractivity contribution is 5.77. The summed E-state index contributed by atoms with van der Waals surface area (Å²) >= 11 is 0. The van der Waals surface area contributed by atoms with Crippen molar-refractivity contribution in [2.24, 2.45) is 23.2 Å². The van der Waals surface area contributed by atoms with Crippen LogP contribution in [0.25, 0.3) is 0 Å². The standard InChI is InChI=1S/C21H28F12O4/c1-6-15(4,18(22,23)24)13(34)37-14(2,3)10-7-11(16(5,35)19(25,26)27)9-12(8-10)17(36,20(28,29)30)21(31,32)33/h10-12,35-36H,6-9H2,1-5H3. The van der Waals surface area contributed by atoms with Crippen LogP contribution >= 0.6 is 0 Å². The highest BCUT2D eigenvalue weighted by Gasteiger charge is 2.75. The maximum absolute atomic E-state index is 13.5. The summed E-state index contributed by atoms with van der Waals surface area (Å²) in [4.78, 5) is 12.5. The molecular weight excluding hydrogens is 544 g/mol. The fraction of sp³-hybridized carbons (Fsp3) is 0.952. The minimum Gasteiger partial charge on any atom is -0.459 e. The zero-order valence-corrected chi connectivity index (χ0v) is 20.3. The topological polar surface area (TPSA) is 66.8 Å². The van der Waals surface area contributed by atoms with Crippen LogP contribution in [0.4, 0.5) is 52.7 Å². The summed E-state index contributed by atoms with van der Waals surface area (Å²) < 4.78 is 167. The van der Waals surface area contributed by atoms with Gasteiger partial charge in [-0.05, 0) is 65.2 Å². The van der Waals surface area contributed by atoms with E-state index in [0.29, 0.717) is 6.92 Å². The van der Waals surface area contributed by atoms with Crippen LogP contribution in [-0.4, -0.2) is 57.7 Å². The number of alkyl halides is 12. The normalized spacial score (nSPS) is 26.3. The maximum atomic E-state index is 13.5. The van der Waals surface area contributed by atoms with E-state index in [-0.39, 0.29) is 6.92 Å². The Morgan fingerprint density at radius 3 is 1.38 bits per heavy atom. The van der Waals surface area contributed by atoms with Crippen LogP contribution in [0.3, 0.4) is 0 Å². The molecule has 5 unspecified atom stereocenters. The van der Waals surface area contributed by atoms with Crippen LogP contribution in [0.2, 0.25) is 0 Å². The van der Waals surface area contributed by atoms with Crippen molar-refractivity contribution in [2.45, 2.75) is 102 Å². The van der Waals surface area contributed by atoms with E-state index >= 15 is 0 Å². The molecule has 0 bridgehead atoms. The van der Waals surface area contributed by atoms with E-state index in [0.717, 1.165) is 20.8 Å². The van der Waals surface area contributed by atoms with Gasteiger partial charge in [0.2, 0.25) is 0 Å². The first-order valence-corrected chi connectivity index (χ1v) is 11.0. The second kappa shape index (κ2) is 9.63. The number of hydrogen-bond donors (Lipinski definition) is 2. The Labute approximate surface area is 204 Å². The number of ether oxygens (including phenoxy) is 1.